The molecule has 0 radical (unpaired) electrons. The van der Waals surface area contributed by atoms with Crippen molar-refractivity contribution in [2.75, 3.05) is 19.6 Å². The van der Waals surface area contributed by atoms with Crippen LogP contribution in [0.3, 0.4) is 0 Å². The summed E-state index contributed by atoms with van der Waals surface area (Å²) in [4.78, 5) is 125. The summed E-state index contributed by atoms with van der Waals surface area (Å²) in [6, 6.07) is 13.7. The number of fused-ring (bicyclic) bond motifs is 1. The number of guanidine groups is 2. The van der Waals surface area contributed by atoms with Gasteiger partial charge in [-0.15, -0.1) is 0 Å². The molecule has 1 heterocycles. The van der Waals surface area contributed by atoms with Crippen molar-refractivity contribution in [1.29, 1.82) is 0 Å². The summed E-state index contributed by atoms with van der Waals surface area (Å²) >= 11 is 0. The van der Waals surface area contributed by atoms with Gasteiger partial charge in [0.15, 0.2) is 29.3 Å². The van der Waals surface area contributed by atoms with Crippen LogP contribution in [0.25, 0.3) is 10.9 Å². The number of nitrogens with zero attached hydrogens (tertiary/aromatic N) is 2. The lowest BCUT2D eigenvalue weighted by molar-refractivity contribution is -0.136. The van der Waals surface area contributed by atoms with Crippen molar-refractivity contribution in [2.24, 2.45) is 80.1 Å². The molecule has 14 N–H and O–H groups in total. The lowest BCUT2D eigenvalue weighted by Gasteiger charge is -2.27. The molecule has 448 valence electrons. The molecule has 0 spiro atoms. The summed E-state index contributed by atoms with van der Waals surface area (Å²) in [5.41, 5.74) is 30.5. The number of carbonyl (C=O) groups is 8. The molecule has 19 nitrogen and oxygen atoms in total. The van der Waals surface area contributed by atoms with Gasteiger partial charge in [-0.2, -0.15) is 0 Å². The van der Waals surface area contributed by atoms with E-state index in [0.717, 1.165) is 28.5 Å². The van der Waals surface area contributed by atoms with Gasteiger partial charge in [-0.05, 0) is 100 Å². The number of para-hydroxylation sites is 1. The van der Waals surface area contributed by atoms with Crippen molar-refractivity contribution < 1.29 is 38.4 Å². The molecular formula is C62H97N11O8. The smallest absolute Gasteiger partial charge is 0.224 e. The fraction of sp³-hybridized carbons (Fsp3) is 0.613. The molecule has 0 aliphatic carbocycles. The maximum absolute atomic E-state index is 15.0. The van der Waals surface area contributed by atoms with Gasteiger partial charge in [-0.3, -0.25) is 48.3 Å². The first-order valence-corrected chi connectivity index (χ1v) is 29.5. The summed E-state index contributed by atoms with van der Waals surface area (Å²) in [7, 11) is 0. The van der Waals surface area contributed by atoms with Crippen LogP contribution >= 0.6 is 0 Å². The van der Waals surface area contributed by atoms with Crippen LogP contribution in [0, 0.1) is 41.4 Å². The Hall–Kier alpha value is -6.76. The zero-order valence-corrected chi connectivity index (χ0v) is 49.4. The van der Waals surface area contributed by atoms with Crippen molar-refractivity contribution >= 4 is 69.5 Å². The number of nitrogens with two attached hydrogens (primary N) is 5. The van der Waals surface area contributed by atoms with Crippen molar-refractivity contribution in [2.45, 2.75) is 182 Å². The molecule has 3 rings (SSSR count). The number of aliphatic imine (C=N–C) groups is 2. The van der Waals surface area contributed by atoms with Crippen LogP contribution in [0.5, 0.6) is 0 Å². The van der Waals surface area contributed by atoms with E-state index in [9.17, 15) is 33.6 Å². The number of ketones is 5. The van der Waals surface area contributed by atoms with Crippen LogP contribution in [-0.4, -0.2) is 101 Å². The lowest BCUT2D eigenvalue weighted by atomic mass is 9.82. The third-order valence-electron chi connectivity index (χ3n) is 15.5. The normalized spacial score (nSPS) is 14.7. The molecule has 1 aromatic heterocycles. The van der Waals surface area contributed by atoms with Gasteiger partial charge in [0.1, 0.15) is 11.6 Å². The Morgan fingerprint density at radius 1 is 0.568 bits per heavy atom. The molecular weight excluding hydrogens is 1030 g/mol. The average molecular weight is 1120 g/mol. The summed E-state index contributed by atoms with van der Waals surface area (Å²) in [6.45, 7) is 14.0. The first-order chi connectivity index (χ1) is 38.6. The number of benzene rings is 2. The highest BCUT2D eigenvalue weighted by Crippen LogP contribution is 2.27. The highest BCUT2D eigenvalue weighted by Gasteiger charge is 2.36. The number of H-pyrrole nitrogens is 1. The van der Waals surface area contributed by atoms with Crippen LogP contribution in [0.2, 0.25) is 0 Å². The van der Waals surface area contributed by atoms with E-state index in [1.807, 2.05) is 96.1 Å². The molecule has 0 saturated carbocycles. The minimum atomic E-state index is -1.15. The monoisotopic (exact) mass is 1120 g/mol. The number of unbranched alkanes of at least 4 members (excludes halogenated alkanes) is 2. The fourth-order valence-electron chi connectivity index (χ4n) is 10.4. The van der Waals surface area contributed by atoms with Gasteiger partial charge in [0, 0.05) is 91.9 Å². The van der Waals surface area contributed by atoms with E-state index in [1.165, 1.54) is 6.92 Å². The van der Waals surface area contributed by atoms with E-state index in [0.29, 0.717) is 70.9 Å². The molecule has 3 aromatic rings. The molecule has 0 saturated heterocycles. The SMILES string of the molecule is CCCC[C@H](CC(=O)[C@H](Cc1c[nH]c2ccccc12)NC(=O)[C@H](CCCCN)CC(=O)[C@H](CCCN=C(N)N)NC(=O)[C@@H](CC(=O)[C@@H](C)CCCN=C(N)N)CC(C)C)C(=O)N[C@@H](Cc1ccccc1)C(=O)C[C@H](C(C)=O)[C@@H](C)CC. The van der Waals surface area contributed by atoms with E-state index in [1.54, 1.807) is 6.20 Å². The molecule has 19 heteroatoms. The van der Waals surface area contributed by atoms with E-state index in [2.05, 4.69) is 30.9 Å². The minimum Gasteiger partial charge on any atom is -0.370 e. The third kappa shape index (κ3) is 24.9. The zero-order valence-electron chi connectivity index (χ0n) is 49.4. The van der Waals surface area contributed by atoms with Crippen LogP contribution in [0.15, 0.2) is 70.8 Å². The van der Waals surface area contributed by atoms with Gasteiger partial charge in [-0.25, -0.2) is 0 Å². The van der Waals surface area contributed by atoms with Gasteiger partial charge in [0.25, 0.3) is 0 Å². The first kappa shape index (κ1) is 68.5. The third-order valence-corrected chi connectivity index (χ3v) is 15.5. The highest BCUT2D eigenvalue weighted by molar-refractivity contribution is 5.98. The van der Waals surface area contributed by atoms with Gasteiger partial charge in [0.2, 0.25) is 17.7 Å². The molecule has 0 bridgehead atoms. The second-order valence-corrected chi connectivity index (χ2v) is 22.7. The lowest BCUT2D eigenvalue weighted by Crippen LogP contribution is -2.49. The number of aromatic amines is 1. The predicted molar refractivity (Wildman–Crippen MR) is 321 cm³/mol. The summed E-state index contributed by atoms with van der Waals surface area (Å²) in [6.07, 6.45) is 6.99. The fourth-order valence-corrected chi connectivity index (χ4v) is 10.4. The molecule has 0 aliphatic rings. The predicted octanol–water partition coefficient (Wildman–Crippen LogP) is 6.45. The van der Waals surface area contributed by atoms with Crippen LogP contribution in [-0.2, 0) is 51.2 Å². The number of aromatic nitrogens is 1. The number of nitrogens with one attached hydrogen (secondary N) is 4. The number of rotatable bonds is 42. The first-order valence-electron chi connectivity index (χ1n) is 29.5. The second-order valence-electron chi connectivity index (χ2n) is 22.7. The Labute approximate surface area is 480 Å². The summed E-state index contributed by atoms with van der Waals surface area (Å²) < 4.78 is 0. The number of hydrogen-bond donors (Lipinski definition) is 9. The number of amides is 3. The van der Waals surface area contributed by atoms with Crippen molar-refractivity contribution in [3.63, 3.8) is 0 Å². The van der Waals surface area contributed by atoms with Crippen LogP contribution < -0.4 is 44.6 Å². The van der Waals surface area contributed by atoms with Crippen molar-refractivity contribution in [1.82, 2.24) is 20.9 Å². The van der Waals surface area contributed by atoms with E-state index >= 15 is 4.79 Å². The molecule has 3 amide bonds. The summed E-state index contributed by atoms with van der Waals surface area (Å²) in [5.74, 6) is -6.38. The molecule has 0 unspecified atom stereocenters. The second kappa shape index (κ2) is 36.6. The number of carbonyl (C=O) groups excluding carboxylic acids is 8. The number of Topliss-reactive ketones (excluding diaryl/α,β-unsaturated/α-hetero) is 5. The average Bonchev–Trinajstić information content (AvgIpc) is 3.84. The summed E-state index contributed by atoms with van der Waals surface area (Å²) in [5, 5.41) is 9.86. The molecule has 81 heavy (non-hydrogen) atoms. The molecule has 9 atom stereocenters. The van der Waals surface area contributed by atoms with E-state index < -0.39 is 71.1 Å². The Balaban J connectivity index is 2.01. The van der Waals surface area contributed by atoms with Gasteiger partial charge in [0.05, 0.1) is 18.1 Å². The molecule has 0 aliphatic heterocycles. The van der Waals surface area contributed by atoms with Crippen LogP contribution in [0.4, 0.5) is 0 Å². The maximum Gasteiger partial charge on any atom is 0.224 e. The quantitative estimate of drug-likeness (QED) is 0.0167. The van der Waals surface area contributed by atoms with Gasteiger partial charge < -0.3 is 49.6 Å². The van der Waals surface area contributed by atoms with Crippen molar-refractivity contribution in [3.8, 4) is 0 Å². The van der Waals surface area contributed by atoms with E-state index in [-0.39, 0.29) is 105 Å². The van der Waals surface area contributed by atoms with Crippen molar-refractivity contribution in [3.05, 3.63) is 71.9 Å². The zero-order chi connectivity index (χ0) is 60.0. The Morgan fingerprint density at radius 2 is 1.09 bits per heavy atom. The van der Waals surface area contributed by atoms with Crippen LogP contribution in [0.1, 0.15) is 162 Å². The van der Waals surface area contributed by atoms with Gasteiger partial charge >= 0.3 is 0 Å². The standard InChI is InChI=1S/C62H97N11O8/c1-8-10-23-44(58(79)72-52(32-43-21-12-11-13-22-43)57(78)37-49(42(7)74)40(5)9-2)35-56(77)53(33-47-38-70-50-26-15-14-25-48(47)50)73-59(80)45(24-16-17-28-63)34-55(76)51(27-19-30-69-62(66)67)71-60(81)46(31-39(3)4)36-54(75)41(6)20-18-29-68-61(64)65/h11-15,21-22,25-26,38-41,44-46,49,51-53,70H,8-10,16-20,23-24,27-37,63H2,1-7H3,(H,71,81)(H,72,79)(H,73,80)(H4,64,65,68)(H4,66,67,69)/t40-,41-,44+,45+,46+,49-,51-,52-,53-/m0/s1. The Bertz CT molecular complexity index is 2540. The minimum absolute atomic E-state index is 0.0299. The van der Waals surface area contributed by atoms with E-state index in [4.69, 9.17) is 28.7 Å². The largest absolute Gasteiger partial charge is 0.370 e. The number of hydrogen-bond acceptors (Lipinski definition) is 11. The maximum atomic E-state index is 15.0. The highest BCUT2D eigenvalue weighted by atomic mass is 16.2. The van der Waals surface area contributed by atoms with Gasteiger partial charge in [-0.1, -0.05) is 116 Å². The molecule has 2 aromatic carbocycles. The Kier molecular flexibility index (Phi) is 30.9. The molecule has 0 fully saturated rings. The Morgan fingerprint density at radius 3 is 1.65 bits per heavy atom. The topological polar surface area (TPSA) is 343 Å².